The third kappa shape index (κ3) is 6.48. The highest BCUT2D eigenvalue weighted by atomic mass is 16.5. The molecule has 0 aromatic carbocycles. The van der Waals surface area contributed by atoms with Gasteiger partial charge in [-0.05, 0) is 19.5 Å². The maximum Gasteiger partial charge on any atom is 0.413 e. The molecule has 1 aromatic rings. The van der Waals surface area contributed by atoms with Crippen LogP contribution in [0.3, 0.4) is 0 Å². The van der Waals surface area contributed by atoms with Gasteiger partial charge in [-0.15, -0.1) is 0 Å². The van der Waals surface area contributed by atoms with Crippen LogP contribution in [-0.2, 0) is 14.3 Å². The Morgan fingerprint density at radius 2 is 1.78 bits per heavy atom. The van der Waals surface area contributed by atoms with E-state index in [0.717, 1.165) is 0 Å². The van der Waals surface area contributed by atoms with Crippen LogP contribution in [0.5, 0.6) is 0 Å². The first-order valence-corrected chi connectivity index (χ1v) is 9.02. The van der Waals surface area contributed by atoms with Gasteiger partial charge in [0.2, 0.25) is 17.8 Å². The molecule has 10 nitrogen and oxygen atoms in total. The lowest BCUT2D eigenvalue weighted by molar-refractivity contribution is -0.133. The van der Waals surface area contributed by atoms with Gasteiger partial charge in [-0.2, -0.15) is 0 Å². The number of likely N-dealkylation sites (N-methyl/N-ethyl adjacent to an activating group) is 1. The van der Waals surface area contributed by atoms with Crippen molar-refractivity contribution in [2.75, 3.05) is 57.3 Å². The summed E-state index contributed by atoms with van der Waals surface area (Å²) < 4.78 is 4.67. The first kappa shape index (κ1) is 20.6. The number of carbonyl (C=O) groups excluding carboxylic acids is 3. The Balaban J connectivity index is 1.78. The molecule has 0 saturated carbocycles. The van der Waals surface area contributed by atoms with Crippen molar-refractivity contribution in [3.8, 4) is 0 Å². The smallest absolute Gasteiger partial charge is 0.413 e. The Morgan fingerprint density at radius 3 is 2.37 bits per heavy atom. The van der Waals surface area contributed by atoms with E-state index >= 15 is 0 Å². The van der Waals surface area contributed by atoms with Gasteiger partial charge in [0, 0.05) is 38.6 Å². The number of nitrogens with zero attached hydrogens (tertiary/aromatic N) is 5. The number of hydrogen-bond donors (Lipinski definition) is 1. The summed E-state index contributed by atoms with van der Waals surface area (Å²) in [4.78, 5) is 49.6. The number of rotatable bonds is 7. The van der Waals surface area contributed by atoms with Gasteiger partial charge < -0.3 is 14.5 Å². The molecular weight excluding hydrogens is 352 g/mol. The summed E-state index contributed by atoms with van der Waals surface area (Å²) in [6.45, 7) is 6.76. The second kappa shape index (κ2) is 10.4. The minimum Gasteiger partial charge on any atom is -0.450 e. The van der Waals surface area contributed by atoms with Gasteiger partial charge in [-0.1, -0.05) is 6.92 Å². The Morgan fingerprint density at radius 1 is 1.11 bits per heavy atom. The highest BCUT2D eigenvalue weighted by Gasteiger charge is 2.24. The third-order valence-electron chi connectivity index (χ3n) is 4.16. The van der Waals surface area contributed by atoms with Crippen LogP contribution in [0.4, 0.5) is 10.7 Å². The van der Waals surface area contributed by atoms with E-state index in [4.69, 9.17) is 0 Å². The van der Waals surface area contributed by atoms with Gasteiger partial charge in [0.15, 0.2) is 0 Å². The lowest BCUT2D eigenvalue weighted by Crippen LogP contribution is -2.52. The zero-order valence-corrected chi connectivity index (χ0v) is 15.8. The lowest BCUT2D eigenvalue weighted by Gasteiger charge is -2.35. The fraction of sp³-hybridized carbons (Fsp3) is 0.588. The zero-order chi connectivity index (χ0) is 19.6. The van der Waals surface area contributed by atoms with E-state index in [1.54, 1.807) is 35.2 Å². The van der Waals surface area contributed by atoms with Gasteiger partial charge in [0.1, 0.15) is 0 Å². The zero-order valence-electron chi connectivity index (χ0n) is 15.8. The number of piperazine rings is 1. The number of carbonyl (C=O) groups is 3. The van der Waals surface area contributed by atoms with Crippen molar-refractivity contribution in [3.05, 3.63) is 18.5 Å². The normalized spacial score (nSPS) is 14.2. The Hall–Kier alpha value is -2.75. The van der Waals surface area contributed by atoms with Crippen LogP contribution in [0.2, 0.25) is 0 Å². The maximum absolute atomic E-state index is 12.5. The molecule has 2 heterocycles. The quantitative estimate of drug-likeness (QED) is 0.690. The fourth-order valence-corrected chi connectivity index (χ4v) is 2.70. The van der Waals surface area contributed by atoms with Crippen molar-refractivity contribution in [1.82, 2.24) is 25.1 Å². The van der Waals surface area contributed by atoms with Gasteiger partial charge in [-0.25, -0.2) is 14.8 Å². The molecule has 27 heavy (non-hydrogen) atoms. The van der Waals surface area contributed by atoms with E-state index in [9.17, 15) is 14.4 Å². The van der Waals surface area contributed by atoms with Crippen molar-refractivity contribution in [2.24, 2.45) is 0 Å². The molecular formula is C17H26N6O4. The molecule has 0 bridgehead atoms. The summed E-state index contributed by atoms with van der Waals surface area (Å²) >= 11 is 0. The average Bonchev–Trinajstić information content (AvgIpc) is 2.68. The third-order valence-corrected chi connectivity index (χ3v) is 4.16. The summed E-state index contributed by atoms with van der Waals surface area (Å²) in [7, 11) is 0. The molecule has 1 saturated heterocycles. The van der Waals surface area contributed by atoms with E-state index in [1.807, 2.05) is 11.8 Å². The molecule has 10 heteroatoms. The van der Waals surface area contributed by atoms with Crippen molar-refractivity contribution >= 4 is 23.9 Å². The Labute approximate surface area is 158 Å². The molecule has 2 rings (SSSR count). The summed E-state index contributed by atoms with van der Waals surface area (Å²) in [5.41, 5.74) is 0. The van der Waals surface area contributed by atoms with Gasteiger partial charge in [0.25, 0.3) is 0 Å². The van der Waals surface area contributed by atoms with Crippen LogP contribution in [0, 0.1) is 0 Å². The number of alkyl carbamates (subject to hydrolysis) is 1. The number of nitrogens with one attached hydrogen (secondary N) is 1. The molecule has 1 aromatic heterocycles. The summed E-state index contributed by atoms with van der Waals surface area (Å²) in [5.74, 6) is 0.124. The summed E-state index contributed by atoms with van der Waals surface area (Å²) in [6.07, 6.45) is 2.62. The maximum atomic E-state index is 12.5. The van der Waals surface area contributed by atoms with Crippen LogP contribution in [-0.4, -0.2) is 90.1 Å². The fourth-order valence-electron chi connectivity index (χ4n) is 2.70. The number of hydrogen-bond acceptors (Lipinski definition) is 8. The number of imide groups is 1. The average molecular weight is 378 g/mol. The largest absolute Gasteiger partial charge is 0.450 e. The standard InChI is InChI=1S/C17H26N6O4/c1-3-21(12-14(24)20-17(26)27-4-2)13-15(25)22-8-10-23(11-9-22)16-18-6-5-7-19-16/h5-7H,3-4,8-13H2,1-2H3,(H,20,24,26). The molecule has 148 valence electrons. The molecule has 3 amide bonds. The highest BCUT2D eigenvalue weighted by Crippen LogP contribution is 2.10. The second-order valence-corrected chi connectivity index (χ2v) is 5.99. The number of anilines is 1. The number of ether oxygens (including phenoxy) is 1. The summed E-state index contributed by atoms with van der Waals surface area (Å²) in [6, 6.07) is 1.76. The Bertz CT molecular complexity index is 634. The van der Waals surface area contributed by atoms with E-state index in [2.05, 4.69) is 20.0 Å². The second-order valence-electron chi connectivity index (χ2n) is 5.99. The van der Waals surface area contributed by atoms with Crippen molar-refractivity contribution < 1.29 is 19.1 Å². The molecule has 1 aliphatic rings. The molecule has 0 unspecified atom stereocenters. The first-order chi connectivity index (χ1) is 13.0. The van der Waals surface area contributed by atoms with Crippen LogP contribution in [0.1, 0.15) is 13.8 Å². The summed E-state index contributed by atoms with van der Waals surface area (Å²) in [5, 5.41) is 2.14. The van der Waals surface area contributed by atoms with Gasteiger partial charge >= 0.3 is 6.09 Å². The molecule has 0 radical (unpaired) electrons. The minimum absolute atomic E-state index is 0.0428. The van der Waals surface area contributed by atoms with E-state index < -0.39 is 12.0 Å². The number of aromatic nitrogens is 2. The highest BCUT2D eigenvalue weighted by molar-refractivity contribution is 5.93. The Kier molecular flexibility index (Phi) is 7.93. The van der Waals surface area contributed by atoms with Crippen LogP contribution in [0.15, 0.2) is 18.5 Å². The van der Waals surface area contributed by atoms with Crippen LogP contribution < -0.4 is 10.2 Å². The van der Waals surface area contributed by atoms with E-state index in [-0.39, 0.29) is 25.6 Å². The molecule has 0 aliphatic carbocycles. The topological polar surface area (TPSA) is 108 Å². The van der Waals surface area contributed by atoms with Gasteiger partial charge in [0.05, 0.1) is 19.7 Å². The molecule has 0 atom stereocenters. The molecule has 1 fully saturated rings. The van der Waals surface area contributed by atoms with Crippen LogP contribution >= 0.6 is 0 Å². The van der Waals surface area contributed by atoms with Crippen molar-refractivity contribution in [1.29, 1.82) is 0 Å². The van der Waals surface area contributed by atoms with E-state index in [1.165, 1.54) is 0 Å². The molecule has 0 spiro atoms. The lowest BCUT2D eigenvalue weighted by atomic mass is 10.3. The molecule has 1 N–H and O–H groups in total. The monoisotopic (exact) mass is 378 g/mol. The van der Waals surface area contributed by atoms with Gasteiger partial charge in [-0.3, -0.25) is 19.8 Å². The predicted molar refractivity (Wildman–Crippen MR) is 98.1 cm³/mol. The molecule has 1 aliphatic heterocycles. The van der Waals surface area contributed by atoms with E-state index in [0.29, 0.717) is 38.7 Å². The SMILES string of the molecule is CCOC(=O)NC(=O)CN(CC)CC(=O)N1CCN(c2ncccn2)CC1. The van der Waals surface area contributed by atoms with Crippen molar-refractivity contribution in [3.63, 3.8) is 0 Å². The minimum atomic E-state index is -0.774. The number of amides is 3. The predicted octanol–water partition coefficient (Wildman–Crippen LogP) is -0.280. The van der Waals surface area contributed by atoms with Crippen LogP contribution in [0.25, 0.3) is 0 Å². The van der Waals surface area contributed by atoms with Crippen molar-refractivity contribution in [2.45, 2.75) is 13.8 Å². The first-order valence-electron chi connectivity index (χ1n) is 9.02.